The van der Waals surface area contributed by atoms with Crippen molar-refractivity contribution in [1.82, 2.24) is 10.2 Å². The molecular formula is C19H15FN2O4S. The summed E-state index contributed by atoms with van der Waals surface area (Å²) in [5, 5.41) is 17.0. The van der Waals surface area contributed by atoms with Crippen LogP contribution in [0, 0.1) is 12.7 Å². The molecule has 1 N–H and O–H groups in total. The summed E-state index contributed by atoms with van der Waals surface area (Å²) < 4.78 is 24.3. The van der Waals surface area contributed by atoms with Gasteiger partial charge in [0.2, 0.25) is 5.89 Å². The first-order valence-electron chi connectivity index (χ1n) is 7.90. The van der Waals surface area contributed by atoms with Crippen LogP contribution in [-0.4, -0.2) is 21.3 Å². The number of nitrogens with zero attached hydrogens (tertiary/aromatic N) is 2. The van der Waals surface area contributed by atoms with Crippen molar-refractivity contribution in [2.45, 2.75) is 18.8 Å². The molecule has 8 heteroatoms. The molecule has 0 fully saturated rings. The van der Waals surface area contributed by atoms with Gasteiger partial charge in [-0.3, -0.25) is 0 Å². The SMILES string of the molecule is Cc1nnc(S/C(=C\c2ccc(OCc3ccccc3F)cc2)C(=O)O)o1. The van der Waals surface area contributed by atoms with E-state index in [0.717, 1.165) is 11.8 Å². The summed E-state index contributed by atoms with van der Waals surface area (Å²) in [6.07, 6.45) is 1.49. The van der Waals surface area contributed by atoms with Crippen LogP contribution >= 0.6 is 11.8 Å². The summed E-state index contributed by atoms with van der Waals surface area (Å²) in [6.45, 7) is 1.73. The third-order valence-corrected chi connectivity index (χ3v) is 4.30. The summed E-state index contributed by atoms with van der Waals surface area (Å²) in [5.74, 6) is -0.516. The highest BCUT2D eigenvalue weighted by atomic mass is 32.2. The number of rotatable bonds is 7. The van der Waals surface area contributed by atoms with E-state index in [2.05, 4.69) is 10.2 Å². The maximum Gasteiger partial charge on any atom is 0.342 e. The van der Waals surface area contributed by atoms with Crippen LogP contribution in [0.4, 0.5) is 4.39 Å². The highest BCUT2D eigenvalue weighted by Crippen LogP contribution is 2.28. The summed E-state index contributed by atoms with van der Waals surface area (Å²) in [4.78, 5) is 11.5. The number of ether oxygens (including phenoxy) is 1. The van der Waals surface area contributed by atoms with Gasteiger partial charge in [-0.05, 0) is 41.6 Å². The number of aliphatic carboxylic acids is 1. The van der Waals surface area contributed by atoms with Crippen molar-refractivity contribution in [1.29, 1.82) is 0 Å². The van der Waals surface area contributed by atoms with E-state index in [9.17, 15) is 14.3 Å². The van der Waals surface area contributed by atoms with E-state index in [4.69, 9.17) is 9.15 Å². The van der Waals surface area contributed by atoms with Gasteiger partial charge in [-0.1, -0.05) is 30.3 Å². The predicted octanol–water partition coefficient (Wildman–Crippen LogP) is 4.31. The molecule has 0 radical (unpaired) electrons. The van der Waals surface area contributed by atoms with Gasteiger partial charge >= 0.3 is 5.97 Å². The third-order valence-electron chi connectivity index (χ3n) is 3.45. The van der Waals surface area contributed by atoms with Gasteiger partial charge < -0.3 is 14.3 Å². The molecule has 0 bridgehead atoms. The normalized spacial score (nSPS) is 11.4. The minimum Gasteiger partial charge on any atom is -0.489 e. The van der Waals surface area contributed by atoms with Crippen molar-refractivity contribution in [3.63, 3.8) is 0 Å². The Bertz CT molecular complexity index is 970. The summed E-state index contributed by atoms with van der Waals surface area (Å²) >= 11 is 0.874. The maximum absolute atomic E-state index is 13.6. The Balaban J connectivity index is 1.68. The zero-order valence-electron chi connectivity index (χ0n) is 14.3. The van der Waals surface area contributed by atoms with Gasteiger partial charge in [0.25, 0.3) is 5.22 Å². The lowest BCUT2D eigenvalue weighted by molar-refractivity contribution is -0.131. The molecule has 27 heavy (non-hydrogen) atoms. The minimum absolute atomic E-state index is 0.0404. The Morgan fingerprint density at radius 1 is 1.22 bits per heavy atom. The largest absolute Gasteiger partial charge is 0.489 e. The number of carboxylic acids is 1. The molecule has 0 aliphatic rings. The monoisotopic (exact) mass is 386 g/mol. The van der Waals surface area contributed by atoms with E-state index < -0.39 is 5.97 Å². The second kappa shape index (κ2) is 8.50. The molecule has 3 aromatic rings. The Morgan fingerprint density at radius 2 is 1.96 bits per heavy atom. The molecule has 0 spiro atoms. The van der Waals surface area contributed by atoms with Crippen LogP contribution < -0.4 is 4.74 Å². The first-order chi connectivity index (χ1) is 13.0. The molecule has 0 atom stereocenters. The van der Waals surface area contributed by atoms with Gasteiger partial charge in [-0.2, -0.15) is 0 Å². The van der Waals surface area contributed by atoms with Gasteiger partial charge in [0, 0.05) is 12.5 Å². The lowest BCUT2D eigenvalue weighted by atomic mass is 10.2. The Morgan fingerprint density at radius 3 is 2.59 bits per heavy atom. The first-order valence-corrected chi connectivity index (χ1v) is 8.72. The standard InChI is InChI=1S/C19H15FN2O4S/c1-12-21-22-19(26-12)27-17(18(23)24)10-13-6-8-15(9-7-13)25-11-14-4-2-3-5-16(14)20/h2-10H,11H2,1H3,(H,23,24)/b17-10-. The smallest absolute Gasteiger partial charge is 0.342 e. The molecule has 1 heterocycles. The van der Waals surface area contributed by atoms with Gasteiger partial charge in [-0.15, -0.1) is 10.2 Å². The molecule has 0 saturated carbocycles. The minimum atomic E-state index is -1.10. The van der Waals surface area contributed by atoms with Gasteiger partial charge in [0.05, 0.1) is 0 Å². The van der Waals surface area contributed by atoms with E-state index in [1.54, 1.807) is 49.4 Å². The fourth-order valence-electron chi connectivity index (χ4n) is 2.14. The Kier molecular flexibility index (Phi) is 5.87. The second-order valence-electron chi connectivity index (χ2n) is 5.45. The van der Waals surface area contributed by atoms with E-state index >= 15 is 0 Å². The van der Waals surface area contributed by atoms with Crippen molar-refractivity contribution in [3.8, 4) is 5.75 Å². The van der Waals surface area contributed by atoms with Crippen LogP contribution in [0.25, 0.3) is 6.08 Å². The summed E-state index contributed by atoms with van der Waals surface area (Å²) in [6, 6.07) is 13.2. The average molecular weight is 386 g/mol. The number of hydrogen-bond donors (Lipinski definition) is 1. The van der Waals surface area contributed by atoms with Crippen LogP contribution in [0.15, 0.2) is 63.1 Å². The van der Waals surface area contributed by atoms with E-state index in [-0.39, 0.29) is 22.6 Å². The number of carbonyl (C=O) groups is 1. The number of thioether (sulfide) groups is 1. The number of benzene rings is 2. The van der Waals surface area contributed by atoms with Gasteiger partial charge in [0.1, 0.15) is 23.1 Å². The number of aromatic nitrogens is 2. The molecule has 6 nitrogen and oxygen atoms in total. The van der Waals surface area contributed by atoms with Crippen molar-refractivity contribution >= 4 is 23.8 Å². The van der Waals surface area contributed by atoms with E-state index in [1.807, 2.05) is 0 Å². The molecule has 0 saturated heterocycles. The number of carboxylic acid groups (broad SMARTS) is 1. The Labute approximate surface area is 158 Å². The number of aryl methyl sites for hydroxylation is 1. The van der Waals surface area contributed by atoms with Crippen LogP contribution in [0.3, 0.4) is 0 Å². The van der Waals surface area contributed by atoms with Crippen LogP contribution in [0.2, 0.25) is 0 Å². The molecule has 1 aromatic heterocycles. The van der Waals surface area contributed by atoms with Crippen LogP contribution in [0.1, 0.15) is 17.0 Å². The van der Waals surface area contributed by atoms with Crippen molar-refractivity contribution in [3.05, 3.63) is 76.3 Å². The second-order valence-corrected chi connectivity index (χ2v) is 6.45. The maximum atomic E-state index is 13.6. The topological polar surface area (TPSA) is 85.5 Å². The number of halogens is 1. The predicted molar refractivity (Wildman–Crippen MR) is 97.7 cm³/mol. The molecular weight excluding hydrogens is 371 g/mol. The summed E-state index contributed by atoms with van der Waals surface area (Å²) in [5.41, 5.74) is 1.12. The molecule has 138 valence electrons. The van der Waals surface area contributed by atoms with E-state index in [0.29, 0.717) is 22.8 Å². The van der Waals surface area contributed by atoms with Crippen LogP contribution in [-0.2, 0) is 11.4 Å². The lowest BCUT2D eigenvalue weighted by Gasteiger charge is -2.07. The molecule has 0 aliphatic heterocycles. The molecule has 0 unspecified atom stereocenters. The lowest BCUT2D eigenvalue weighted by Crippen LogP contribution is -1.98. The molecule has 2 aromatic carbocycles. The van der Waals surface area contributed by atoms with Crippen molar-refractivity contribution in [2.75, 3.05) is 0 Å². The highest BCUT2D eigenvalue weighted by molar-refractivity contribution is 8.03. The fourth-order valence-corrected chi connectivity index (χ4v) is 2.85. The average Bonchev–Trinajstić information content (AvgIpc) is 3.06. The highest BCUT2D eigenvalue weighted by Gasteiger charge is 2.14. The third kappa shape index (κ3) is 5.18. The molecule has 0 aliphatic carbocycles. The van der Waals surface area contributed by atoms with Gasteiger partial charge in [-0.25, -0.2) is 9.18 Å². The fraction of sp³-hybridized carbons (Fsp3) is 0.105. The molecule has 0 amide bonds. The van der Waals surface area contributed by atoms with Crippen molar-refractivity contribution < 1.29 is 23.4 Å². The zero-order valence-corrected chi connectivity index (χ0v) is 15.1. The molecule has 3 rings (SSSR count). The first kappa shape index (κ1) is 18.7. The van der Waals surface area contributed by atoms with Crippen molar-refractivity contribution in [2.24, 2.45) is 0 Å². The zero-order chi connectivity index (χ0) is 19.2. The van der Waals surface area contributed by atoms with Gasteiger partial charge in [0.15, 0.2) is 0 Å². The summed E-state index contributed by atoms with van der Waals surface area (Å²) in [7, 11) is 0. The Hall–Kier alpha value is -3.13. The quantitative estimate of drug-likeness (QED) is 0.478. The van der Waals surface area contributed by atoms with Crippen LogP contribution in [0.5, 0.6) is 5.75 Å². The number of hydrogen-bond acceptors (Lipinski definition) is 6. The van der Waals surface area contributed by atoms with E-state index in [1.165, 1.54) is 12.1 Å².